The smallest absolute Gasteiger partial charge is 0.410 e. The molecule has 15 heteroatoms. The quantitative estimate of drug-likeness (QED) is 0.0441. The van der Waals surface area contributed by atoms with Gasteiger partial charge in [0, 0.05) is 77.9 Å². The first-order valence-corrected chi connectivity index (χ1v) is 28.3. The summed E-state index contributed by atoms with van der Waals surface area (Å²) in [6.07, 6.45) is 8.74. The van der Waals surface area contributed by atoms with E-state index in [4.69, 9.17) is 34.0 Å². The van der Waals surface area contributed by atoms with Crippen LogP contribution in [0.1, 0.15) is 70.6 Å². The molecule has 6 rings (SSSR count). The number of aryl methyl sites for hydroxylation is 1. The molecule has 1 amide bonds. The highest BCUT2D eigenvalue weighted by Crippen LogP contribution is 2.47. The molecule has 0 radical (unpaired) electrons. The minimum atomic E-state index is -1.35. The summed E-state index contributed by atoms with van der Waals surface area (Å²) < 4.78 is 28.9. The van der Waals surface area contributed by atoms with Crippen LogP contribution in [0.3, 0.4) is 0 Å². The highest BCUT2D eigenvalue weighted by atomic mass is 28.3. The lowest BCUT2D eigenvalue weighted by Gasteiger charge is -2.40. The lowest BCUT2D eigenvalue weighted by atomic mass is 9.85. The minimum Gasteiger partial charge on any atom is -0.494 e. The van der Waals surface area contributed by atoms with Crippen LogP contribution in [0, 0.1) is 0 Å². The highest BCUT2D eigenvalue weighted by molar-refractivity contribution is 6.76. The van der Waals surface area contributed by atoms with Crippen molar-refractivity contribution >= 4 is 39.5 Å². The predicted octanol–water partition coefficient (Wildman–Crippen LogP) is 9.28. The normalized spacial score (nSPS) is 18.5. The summed E-state index contributed by atoms with van der Waals surface area (Å²) in [6.45, 7) is 28.7. The Morgan fingerprint density at radius 1 is 0.931 bits per heavy atom. The number of rotatable bonds is 17. The minimum absolute atomic E-state index is 0.0158. The van der Waals surface area contributed by atoms with Crippen LogP contribution in [0.5, 0.6) is 0 Å². The van der Waals surface area contributed by atoms with Gasteiger partial charge in [-0.3, -0.25) is 9.67 Å². The van der Waals surface area contributed by atoms with Gasteiger partial charge in [-0.2, -0.15) is 14.7 Å². The van der Waals surface area contributed by atoms with Crippen LogP contribution in [-0.2, 0) is 26.0 Å². The summed E-state index contributed by atoms with van der Waals surface area (Å²) >= 11 is 0. The fraction of sp³-hybridized carbons (Fsp3) is 0.605. The van der Waals surface area contributed by atoms with Crippen LogP contribution in [0.15, 0.2) is 43.4 Å². The van der Waals surface area contributed by atoms with Gasteiger partial charge in [0.05, 0.1) is 29.8 Å². The van der Waals surface area contributed by atoms with E-state index in [1.54, 1.807) is 4.68 Å². The van der Waals surface area contributed by atoms with Gasteiger partial charge in [-0.25, -0.2) is 9.78 Å². The highest BCUT2D eigenvalue weighted by Gasteiger charge is 2.46. The van der Waals surface area contributed by atoms with E-state index in [-0.39, 0.29) is 24.1 Å². The van der Waals surface area contributed by atoms with Gasteiger partial charge in [-0.1, -0.05) is 51.9 Å². The Kier molecular flexibility index (Phi) is 13.2. The lowest BCUT2D eigenvalue weighted by molar-refractivity contribution is 0.00566. The second-order valence-electron chi connectivity index (χ2n) is 19.3. The number of carbonyl (C=O) groups excluding carboxylic acids is 1. The molecule has 2 aliphatic heterocycles. The van der Waals surface area contributed by atoms with Crippen LogP contribution in [-0.4, -0.2) is 107 Å². The number of nitrogens with zero attached hydrogens (tertiary/aromatic N) is 8. The molecular formula is C43H66N8O5Si2. The number of piperidine rings is 1. The van der Waals surface area contributed by atoms with Gasteiger partial charge >= 0.3 is 6.09 Å². The molecule has 3 atom stereocenters. The van der Waals surface area contributed by atoms with Gasteiger partial charge in [-0.05, 0) is 77.6 Å². The van der Waals surface area contributed by atoms with Crippen molar-refractivity contribution < 1.29 is 23.7 Å². The molecule has 316 valence electrons. The maximum Gasteiger partial charge on any atom is 0.410 e. The Hall–Kier alpha value is -4.06. The number of pyridine rings is 1. The van der Waals surface area contributed by atoms with Gasteiger partial charge in [0.25, 0.3) is 0 Å². The molecule has 0 saturated carbocycles. The van der Waals surface area contributed by atoms with Gasteiger partial charge in [0.15, 0.2) is 5.65 Å². The average Bonchev–Trinajstić information content (AvgIpc) is 3.83. The van der Waals surface area contributed by atoms with Crippen LogP contribution in [0.2, 0.25) is 51.4 Å². The van der Waals surface area contributed by atoms with E-state index in [2.05, 4.69) is 61.9 Å². The summed E-state index contributed by atoms with van der Waals surface area (Å²) in [4.78, 5) is 28.0. The fourth-order valence-corrected chi connectivity index (χ4v) is 9.35. The van der Waals surface area contributed by atoms with Gasteiger partial charge in [-0.15, -0.1) is 0 Å². The van der Waals surface area contributed by atoms with Crippen molar-refractivity contribution in [2.24, 2.45) is 7.05 Å². The monoisotopic (exact) mass is 830 g/mol. The van der Waals surface area contributed by atoms with E-state index in [1.807, 2.05) is 74.9 Å². The lowest BCUT2D eigenvalue weighted by Crippen LogP contribution is -2.48. The molecule has 0 spiro atoms. The van der Waals surface area contributed by atoms with Crippen molar-refractivity contribution in [1.29, 1.82) is 0 Å². The number of ether oxygens (including phenoxy) is 4. The number of fused-ring (bicyclic) bond motifs is 3. The molecule has 0 aromatic carbocycles. The molecule has 13 nitrogen and oxygen atoms in total. The average molecular weight is 831 g/mol. The molecule has 2 saturated heterocycles. The van der Waals surface area contributed by atoms with E-state index in [1.165, 1.54) is 0 Å². The number of hydrogen-bond donors (Lipinski definition) is 0. The Labute approximate surface area is 347 Å². The van der Waals surface area contributed by atoms with E-state index in [9.17, 15) is 4.79 Å². The maximum absolute atomic E-state index is 13.6. The molecule has 0 N–H and O–H groups in total. The number of aromatic nitrogens is 6. The zero-order valence-corrected chi connectivity index (χ0v) is 38.8. The van der Waals surface area contributed by atoms with Crippen molar-refractivity contribution in [3.05, 3.63) is 54.6 Å². The first kappa shape index (κ1) is 43.5. The SMILES string of the molecule is C=C(OCC)c1c(C2C[C@H]3CC[C@@H](C2)N3C(=O)OC(C)(C)C)nc2c(-c3ccc(-c4ccn(C)n4)nc3)cnn2c1N(COCC[Si](C)(C)C)COCC[Si](C)(C)C. The topological polar surface area (TPSA) is 121 Å². The first-order chi connectivity index (χ1) is 27.3. The molecule has 2 aliphatic rings. The van der Waals surface area contributed by atoms with Crippen molar-refractivity contribution in [2.75, 3.05) is 38.2 Å². The Morgan fingerprint density at radius 3 is 2.09 bits per heavy atom. The predicted molar refractivity (Wildman–Crippen MR) is 236 cm³/mol. The van der Waals surface area contributed by atoms with Crippen molar-refractivity contribution in [3.8, 4) is 22.5 Å². The van der Waals surface area contributed by atoms with Gasteiger partial charge in [0.1, 0.15) is 36.3 Å². The molecule has 58 heavy (non-hydrogen) atoms. The van der Waals surface area contributed by atoms with Crippen LogP contribution in [0.25, 0.3) is 33.9 Å². The number of carbonyl (C=O) groups is 1. The largest absolute Gasteiger partial charge is 0.494 e. The first-order valence-electron chi connectivity index (χ1n) is 20.9. The Morgan fingerprint density at radius 2 is 1.57 bits per heavy atom. The third kappa shape index (κ3) is 10.6. The van der Waals surface area contributed by atoms with E-state index < -0.39 is 21.7 Å². The zero-order chi connectivity index (χ0) is 42.0. The van der Waals surface area contributed by atoms with E-state index in [0.717, 1.165) is 77.4 Å². The number of anilines is 1. The van der Waals surface area contributed by atoms with E-state index >= 15 is 0 Å². The second-order valence-corrected chi connectivity index (χ2v) is 30.6. The second kappa shape index (κ2) is 17.7. The summed E-state index contributed by atoms with van der Waals surface area (Å²) in [5.41, 5.74) is 5.14. The van der Waals surface area contributed by atoms with Crippen molar-refractivity contribution in [1.82, 2.24) is 34.3 Å². The van der Waals surface area contributed by atoms with Gasteiger partial charge in [0.2, 0.25) is 0 Å². The Balaban J connectivity index is 1.48. The Bertz CT molecular complexity index is 2010. The maximum atomic E-state index is 13.6. The third-order valence-electron chi connectivity index (χ3n) is 10.8. The summed E-state index contributed by atoms with van der Waals surface area (Å²) in [5.74, 6) is 1.31. The number of hydrogen-bond acceptors (Lipinski definition) is 10. The molecule has 1 unspecified atom stereocenters. The van der Waals surface area contributed by atoms with E-state index in [0.29, 0.717) is 44.7 Å². The van der Waals surface area contributed by atoms with Crippen LogP contribution >= 0.6 is 0 Å². The van der Waals surface area contributed by atoms with Crippen molar-refractivity contribution in [2.45, 2.75) is 128 Å². The standard InChI is InChI=1S/C43H66N8O5Si2/c1-13-55-30(2)38-39(32-24-33-15-16-34(25-32)50(33)42(52)56-43(3,4)5)46-40-35(31-14-17-36(44-26-31)37-18-19-48(6)47-37)27-45-51(40)41(38)49(28-53-20-22-57(7,8)9)29-54-21-23-58(10,11)12/h14,17-19,26-27,32-34H,2,13,15-16,20-25,28-29H2,1,3-12H3/t32?,33-,34+. The van der Waals surface area contributed by atoms with Crippen LogP contribution < -0.4 is 4.90 Å². The summed E-state index contributed by atoms with van der Waals surface area (Å²) in [6, 6.07) is 8.15. The van der Waals surface area contributed by atoms with Crippen LogP contribution in [0.4, 0.5) is 10.6 Å². The zero-order valence-electron chi connectivity index (χ0n) is 36.8. The van der Waals surface area contributed by atoms with Crippen molar-refractivity contribution in [3.63, 3.8) is 0 Å². The molecule has 4 aromatic rings. The number of amides is 1. The molecule has 2 bridgehead atoms. The third-order valence-corrected chi connectivity index (χ3v) is 14.2. The van der Waals surface area contributed by atoms with Gasteiger partial charge < -0.3 is 28.7 Å². The molecule has 2 fully saturated rings. The molecule has 4 aromatic heterocycles. The summed E-state index contributed by atoms with van der Waals surface area (Å²) in [7, 11) is -0.797. The summed E-state index contributed by atoms with van der Waals surface area (Å²) in [5, 5.41) is 9.59. The fourth-order valence-electron chi connectivity index (χ4n) is 7.84. The molecular weight excluding hydrogens is 765 g/mol. The molecule has 6 heterocycles. The molecule has 0 aliphatic carbocycles.